The standard InChI is InChI=1S/C22H23N3O2/c1-2-24(16-15-18-9-5-3-6-10-18)22(27)20-13-14-21(26)25(23-20)17-19-11-7-4-8-12-19/h3-14H,2,15-17H2,1H3. The van der Waals surface area contributed by atoms with E-state index in [1.165, 1.54) is 22.4 Å². The maximum absolute atomic E-state index is 12.9. The van der Waals surface area contributed by atoms with Crippen molar-refractivity contribution in [1.29, 1.82) is 0 Å². The SMILES string of the molecule is CCN(CCc1ccccc1)C(=O)c1ccc(=O)n(Cc2ccccc2)n1. The van der Waals surface area contributed by atoms with Gasteiger partial charge in [-0.15, -0.1) is 0 Å². The van der Waals surface area contributed by atoms with Gasteiger partial charge in [0, 0.05) is 19.2 Å². The van der Waals surface area contributed by atoms with Crippen LogP contribution < -0.4 is 5.56 Å². The molecule has 0 saturated carbocycles. The zero-order chi connectivity index (χ0) is 19.1. The summed E-state index contributed by atoms with van der Waals surface area (Å²) in [5.74, 6) is -0.157. The Kier molecular flexibility index (Phi) is 6.15. The van der Waals surface area contributed by atoms with Gasteiger partial charge in [0.1, 0.15) is 5.69 Å². The summed E-state index contributed by atoms with van der Waals surface area (Å²) in [5, 5.41) is 4.30. The molecule has 1 aromatic heterocycles. The third kappa shape index (κ3) is 4.91. The second-order valence-electron chi connectivity index (χ2n) is 6.32. The fourth-order valence-electron chi connectivity index (χ4n) is 2.91. The van der Waals surface area contributed by atoms with Crippen molar-refractivity contribution >= 4 is 5.91 Å². The van der Waals surface area contributed by atoms with E-state index in [1.807, 2.05) is 55.5 Å². The lowest BCUT2D eigenvalue weighted by molar-refractivity contribution is 0.0757. The summed E-state index contributed by atoms with van der Waals surface area (Å²) in [5.41, 5.74) is 2.22. The van der Waals surface area contributed by atoms with Gasteiger partial charge >= 0.3 is 0 Å². The topological polar surface area (TPSA) is 55.2 Å². The number of likely N-dealkylation sites (N-methyl/N-ethyl adjacent to an activating group) is 1. The van der Waals surface area contributed by atoms with Crippen LogP contribution in [0.2, 0.25) is 0 Å². The molecule has 138 valence electrons. The average molecular weight is 361 g/mol. The van der Waals surface area contributed by atoms with Crippen LogP contribution in [0.4, 0.5) is 0 Å². The fourth-order valence-corrected chi connectivity index (χ4v) is 2.91. The maximum Gasteiger partial charge on any atom is 0.274 e. The molecule has 1 amide bonds. The highest BCUT2D eigenvalue weighted by Gasteiger charge is 2.17. The van der Waals surface area contributed by atoms with Crippen LogP contribution >= 0.6 is 0 Å². The third-order valence-electron chi connectivity index (χ3n) is 4.44. The minimum Gasteiger partial charge on any atom is -0.337 e. The largest absolute Gasteiger partial charge is 0.337 e. The summed E-state index contributed by atoms with van der Waals surface area (Å²) in [6.45, 7) is 3.49. The van der Waals surface area contributed by atoms with Crippen molar-refractivity contribution in [2.45, 2.75) is 19.9 Å². The predicted octanol–water partition coefficient (Wildman–Crippen LogP) is 3.00. The van der Waals surface area contributed by atoms with Crippen LogP contribution in [0, 0.1) is 0 Å². The van der Waals surface area contributed by atoms with Crippen LogP contribution in [0.15, 0.2) is 77.6 Å². The van der Waals surface area contributed by atoms with Crippen molar-refractivity contribution in [2.75, 3.05) is 13.1 Å². The lowest BCUT2D eigenvalue weighted by atomic mass is 10.1. The molecule has 0 fully saturated rings. The molecule has 0 spiro atoms. The van der Waals surface area contributed by atoms with Gasteiger partial charge in [0.25, 0.3) is 11.5 Å². The van der Waals surface area contributed by atoms with Crippen molar-refractivity contribution in [3.8, 4) is 0 Å². The number of nitrogens with zero attached hydrogens (tertiary/aromatic N) is 3. The van der Waals surface area contributed by atoms with Crippen LogP contribution in [0.5, 0.6) is 0 Å². The normalized spacial score (nSPS) is 10.6. The van der Waals surface area contributed by atoms with E-state index < -0.39 is 0 Å². The molecule has 0 radical (unpaired) electrons. The van der Waals surface area contributed by atoms with Crippen LogP contribution in [0.25, 0.3) is 0 Å². The minimum atomic E-state index is -0.220. The molecular formula is C22H23N3O2. The predicted molar refractivity (Wildman–Crippen MR) is 106 cm³/mol. The monoisotopic (exact) mass is 361 g/mol. The first-order valence-electron chi connectivity index (χ1n) is 9.12. The first-order chi connectivity index (χ1) is 13.2. The number of hydrogen-bond donors (Lipinski definition) is 0. The molecule has 2 aromatic carbocycles. The van der Waals surface area contributed by atoms with E-state index in [1.54, 1.807) is 4.90 Å². The van der Waals surface area contributed by atoms with E-state index in [-0.39, 0.29) is 11.5 Å². The van der Waals surface area contributed by atoms with Gasteiger partial charge in [-0.3, -0.25) is 9.59 Å². The quantitative estimate of drug-likeness (QED) is 0.650. The molecule has 0 atom stereocenters. The summed E-state index contributed by atoms with van der Waals surface area (Å²) in [6.07, 6.45) is 0.782. The van der Waals surface area contributed by atoms with E-state index in [9.17, 15) is 9.59 Å². The molecule has 3 aromatic rings. The molecule has 5 heteroatoms. The van der Waals surface area contributed by atoms with Gasteiger partial charge in [-0.2, -0.15) is 5.10 Å². The van der Waals surface area contributed by atoms with Crippen molar-refractivity contribution in [1.82, 2.24) is 14.7 Å². The Bertz CT molecular complexity index is 937. The molecule has 0 aliphatic rings. The van der Waals surface area contributed by atoms with Crippen LogP contribution in [-0.2, 0) is 13.0 Å². The van der Waals surface area contributed by atoms with Crippen LogP contribution in [0.3, 0.4) is 0 Å². The first-order valence-corrected chi connectivity index (χ1v) is 9.12. The number of carbonyl (C=O) groups excluding carboxylic acids is 1. The molecule has 0 N–H and O–H groups in total. The molecular weight excluding hydrogens is 338 g/mol. The number of benzene rings is 2. The Morgan fingerprint density at radius 1 is 0.926 bits per heavy atom. The Hall–Kier alpha value is -3.21. The van der Waals surface area contributed by atoms with E-state index in [4.69, 9.17) is 0 Å². The summed E-state index contributed by atoms with van der Waals surface area (Å²) in [4.78, 5) is 26.7. The smallest absolute Gasteiger partial charge is 0.274 e. The lowest BCUT2D eigenvalue weighted by Gasteiger charge is -2.20. The van der Waals surface area contributed by atoms with Crippen molar-refractivity contribution in [2.24, 2.45) is 0 Å². The first kappa shape index (κ1) is 18.6. The Morgan fingerprint density at radius 2 is 1.56 bits per heavy atom. The number of rotatable bonds is 7. The molecule has 0 aliphatic carbocycles. The van der Waals surface area contributed by atoms with Crippen LogP contribution in [0.1, 0.15) is 28.5 Å². The van der Waals surface area contributed by atoms with Gasteiger partial charge in [0.15, 0.2) is 0 Å². The average Bonchev–Trinajstić information content (AvgIpc) is 2.71. The Morgan fingerprint density at radius 3 is 2.19 bits per heavy atom. The molecule has 1 heterocycles. The third-order valence-corrected chi connectivity index (χ3v) is 4.44. The van der Waals surface area contributed by atoms with E-state index in [0.717, 1.165) is 12.0 Å². The summed E-state index contributed by atoms with van der Waals surface area (Å²) in [6, 6.07) is 22.6. The van der Waals surface area contributed by atoms with E-state index in [2.05, 4.69) is 17.2 Å². The molecule has 3 rings (SSSR count). The van der Waals surface area contributed by atoms with E-state index >= 15 is 0 Å². The highest BCUT2D eigenvalue weighted by atomic mass is 16.2. The maximum atomic E-state index is 12.9. The van der Waals surface area contributed by atoms with Gasteiger partial charge in [-0.1, -0.05) is 60.7 Å². The highest BCUT2D eigenvalue weighted by molar-refractivity contribution is 5.92. The second-order valence-corrected chi connectivity index (χ2v) is 6.32. The summed E-state index contributed by atoms with van der Waals surface area (Å²) >= 11 is 0. The molecule has 0 unspecified atom stereocenters. The summed E-state index contributed by atoms with van der Waals surface area (Å²) < 4.78 is 1.34. The molecule has 27 heavy (non-hydrogen) atoms. The van der Waals surface area contributed by atoms with Crippen molar-refractivity contribution in [3.63, 3.8) is 0 Å². The lowest BCUT2D eigenvalue weighted by Crippen LogP contribution is -2.35. The van der Waals surface area contributed by atoms with Crippen molar-refractivity contribution in [3.05, 3.63) is 100.0 Å². The summed E-state index contributed by atoms with van der Waals surface area (Å²) in [7, 11) is 0. The molecule has 0 aliphatic heterocycles. The van der Waals surface area contributed by atoms with Gasteiger partial charge < -0.3 is 4.90 Å². The fraction of sp³-hybridized carbons (Fsp3) is 0.227. The van der Waals surface area contributed by atoms with Crippen LogP contribution in [-0.4, -0.2) is 33.7 Å². The Balaban J connectivity index is 1.74. The minimum absolute atomic E-state index is 0.157. The van der Waals surface area contributed by atoms with Gasteiger partial charge in [0.2, 0.25) is 0 Å². The molecule has 0 bridgehead atoms. The van der Waals surface area contributed by atoms with E-state index in [0.29, 0.717) is 25.3 Å². The molecule has 5 nitrogen and oxygen atoms in total. The number of amides is 1. The highest BCUT2D eigenvalue weighted by Crippen LogP contribution is 2.06. The zero-order valence-corrected chi connectivity index (χ0v) is 15.4. The van der Waals surface area contributed by atoms with Gasteiger partial charge in [-0.05, 0) is 30.5 Å². The van der Waals surface area contributed by atoms with Gasteiger partial charge in [0.05, 0.1) is 6.54 Å². The van der Waals surface area contributed by atoms with Crippen molar-refractivity contribution < 1.29 is 4.79 Å². The second kappa shape index (κ2) is 8.94. The van der Waals surface area contributed by atoms with Gasteiger partial charge in [-0.25, -0.2) is 4.68 Å². The zero-order valence-electron chi connectivity index (χ0n) is 15.4. The number of aromatic nitrogens is 2. The number of hydrogen-bond acceptors (Lipinski definition) is 3. The Labute approximate surface area is 158 Å². The number of carbonyl (C=O) groups is 1. The molecule has 0 saturated heterocycles.